The third-order valence-corrected chi connectivity index (χ3v) is 6.04. The molecule has 2 aromatic carbocycles. The van der Waals surface area contributed by atoms with Gasteiger partial charge in [-0.15, -0.1) is 0 Å². The van der Waals surface area contributed by atoms with Gasteiger partial charge in [-0.25, -0.2) is 0 Å². The molecule has 2 rings (SSSR count). The van der Waals surface area contributed by atoms with Gasteiger partial charge in [0.15, 0.2) is 0 Å². The van der Waals surface area contributed by atoms with Gasteiger partial charge in [-0.2, -0.15) is 13.2 Å². The Bertz CT molecular complexity index is 1040. The number of hydrogen-bond acceptors (Lipinski definition) is 4. The largest absolute Gasteiger partial charge is 0.416 e. The van der Waals surface area contributed by atoms with Gasteiger partial charge in [-0.05, 0) is 81.7 Å². The predicted octanol–water partition coefficient (Wildman–Crippen LogP) is 11.2. The van der Waals surface area contributed by atoms with E-state index >= 15 is 0 Å². The highest BCUT2D eigenvalue weighted by Crippen LogP contribution is 2.36. The molecule has 0 aliphatic carbocycles. The van der Waals surface area contributed by atoms with Crippen LogP contribution in [0.2, 0.25) is 0 Å². The van der Waals surface area contributed by atoms with E-state index in [4.69, 9.17) is 0 Å². The van der Waals surface area contributed by atoms with E-state index < -0.39 is 11.7 Å². The SMILES string of the molecule is CC(C)=O.CCC.CCC(C)=O.CCCCC(C)c1ccccc1C(F)(F)F.CCc1ccc(NCCC(C)=O)c(CC)c1. The number of unbranched alkanes of at least 4 members (excludes halogenated alkanes) is 1. The Morgan fingerprint density at radius 2 is 1.34 bits per heavy atom. The summed E-state index contributed by atoms with van der Waals surface area (Å²) in [6.07, 6.45) is 3.15. The molecule has 252 valence electrons. The first kappa shape index (κ1) is 45.5. The van der Waals surface area contributed by atoms with Gasteiger partial charge in [0.2, 0.25) is 0 Å². The number of carbonyl (C=O) groups excluding carboxylic acids is 3. The lowest BCUT2D eigenvalue weighted by Gasteiger charge is -2.17. The number of benzene rings is 2. The van der Waals surface area contributed by atoms with Crippen LogP contribution in [0.15, 0.2) is 42.5 Å². The van der Waals surface area contributed by atoms with Crippen LogP contribution >= 0.6 is 0 Å². The van der Waals surface area contributed by atoms with Crippen molar-refractivity contribution in [1.82, 2.24) is 0 Å². The fourth-order valence-corrected chi connectivity index (χ4v) is 3.56. The molecule has 0 saturated carbocycles. The number of anilines is 1. The summed E-state index contributed by atoms with van der Waals surface area (Å²) in [6.45, 7) is 21.3. The summed E-state index contributed by atoms with van der Waals surface area (Å²) in [6, 6.07) is 12.4. The van der Waals surface area contributed by atoms with E-state index in [-0.39, 0.29) is 23.3 Å². The third kappa shape index (κ3) is 25.5. The van der Waals surface area contributed by atoms with Crippen LogP contribution in [0.3, 0.4) is 0 Å². The zero-order chi connectivity index (χ0) is 34.7. The summed E-state index contributed by atoms with van der Waals surface area (Å²) >= 11 is 0. The minimum Gasteiger partial charge on any atom is -0.384 e. The van der Waals surface area contributed by atoms with E-state index in [0.717, 1.165) is 44.7 Å². The van der Waals surface area contributed by atoms with Gasteiger partial charge < -0.3 is 14.9 Å². The van der Waals surface area contributed by atoms with Crippen LogP contribution in [0.1, 0.15) is 143 Å². The molecular weight excluding hydrogens is 563 g/mol. The van der Waals surface area contributed by atoms with Crippen LogP contribution in [0, 0.1) is 0 Å². The smallest absolute Gasteiger partial charge is 0.384 e. The lowest BCUT2D eigenvalue weighted by Crippen LogP contribution is -2.10. The lowest BCUT2D eigenvalue weighted by molar-refractivity contribution is -0.138. The molecule has 0 heterocycles. The van der Waals surface area contributed by atoms with Crippen LogP contribution in [-0.2, 0) is 33.4 Å². The van der Waals surface area contributed by atoms with Crippen molar-refractivity contribution in [3.05, 3.63) is 64.7 Å². The standard InChI is InChI=1S/C14H21NO.C13H17F3.C4H8O.C3H6O.C3H8/c1-4-12-6-7-14(13(5-2)10-12)15-9-8-11(3)16;1-3-4-7-10(2)11-8-5-6-9-12(11)13(14,15)16;1-3-4(2)5;1-3(2)4;1-3-2/h6-7,10,15H,4-5,8-9H2,1-3H3;5-6,8-10H,3-4,7H2,1-2H3;3H2,1-2H3;1-2H3;3H2,1-2H3. The number of halogens is 3. The van der Waals surface area contributed by atoms with Gasteiger partial charge in [0.1, 0.15) is 17.3 Å². The third-order valence-electron chi connectivity index (χ3n) is 6.04. The van der Waals surface area contributed by atoms with Crippen molar-refractivity contribution in [2.75, 3.05) is 11.9 Å². The maximum Gasteiger partial charge on any atom is 0.416 e. The van der Waals surface area contributed by atoms with E-state index in [9.17, 15) is 27.6 Å². The first-order valence-corrected chi connectivity index (χ1v) is 16.0. The molecule has 0 aliphatic heterocycles. The number of nitrogens with one attached hydrogen (secondary N) is 1. The van der Waals surface area contributed by atoms with Crippen LogP contribution in [0.5, 0.6) is 0 Å². The van der Waals surface area contributed by atoms with Crippen molar-refractivity contribution in [1.29, 1.82) is 0 Å². The Hall–Kier alpha value is -2.96. The van der Waals surface area contributed by atoms with E-state index in [1.807, 2.05) is 20.8 Å². The number of alkyl halides is 3. The van der Waals surface area contributed by atoms with Crippen LogP contribution in [0.25, 0.3) is 0 Å². The summed E-state index contributed by atoms with van der Waals surface area (Å²) in [4.78, 5) is 30.1. The molecule has 0 saturated heterocycles. The van der Waals surface area contributed by atoms with E-state index in [0.29, 0.717) is 18.4 Å². The zero-order valence-corrected chi connectivity index (χ0v) is 29.3. The fourth-order valence-electron chi connectivity index (χ4n) is 3.56. The molecule has 0 bridgehead atoms. The number of ketones is 3. The molecule has 0 amide bonds. The number of hydrogen-bond donors (Lipinski definition) is 1. The van der Waals surface area contributed by atoms with Gasteiger partial charge in [0, 0.05) is 25.1 Å². The topological polar surface area (TPSA) is 63.2 Å². The quantitative estimate of drug-likeness (QED) is 0.270. The first-order valence-electron chi connectivity index (χ1n) is 16.0. The molecule has 0 spiro atoms. The molecule has 0 aliphatic rings. The normalized spacial score (nSPS) is 10.6. The fraction of sp³-hybridized carbons (Fsp3) is 0.595. The molecule has 44 heavy (non-hydrogen) atoms. The van der Waals surface area contributed by atoms with Gasteiger partial charge in [-0.1, -0.05) is 98.1 Å². The Morgan fingerprint density at radius 1 is 0.818 bits per heavy atom. The first-order chi connectivity index (χ1) is 20.5. The predicted molar refractivity (Wildman–Crippen MR) is 182 cm³/mol. The Labute approximate surface area is 266 Å². The number of carbonyl (C=O) groups is 3. The summed E-state index contributed by atoms with van der Waals surface area (Å²) in [5, 5.41) is 3.33. The molecule has 0 radical (unpaired) electrons. The Kier molecular flexibility index (Phi) is 28.5. The van der Waals surface area contributed by atoms with Crippen LogP contribution in [0.4, 0.5) is 18.9 Å². The van der Waals surface area contributed by atoms with E-state index in [2.05, 4.69) is 51.2 Å². The second-order valence-electron chi connectivity index (χ2n) is 10.9. The maximum absolute atomic E-state index is 12.7. The molecule has 0 aromatic heterocycles. The van der Waals surface area contributed by atoms with Crippen molar-refractivity contribution < 1.29 is 27.6 Å². The number of aryl methyl sites for hydroxylation is 2. The van der Waals surface area contributed by atoms with Gasteiger partial charge in [0.25, 0.3) is 0 Å². The number of Topliss-reactive ketones (excluding diaryl/α,β-unsaturated/α-hetero) is 3. The summed E-state index contributed by atoms with van der Waals surface area (Å²) < 4.78 is 38.2. The molecule has 1 unspecified atom stereocenters. The molecule has 1 N–H and O–H groups in total. The second-order valence-corrected chi connectivity index (χ2v) is 10.9. The van der Waals surface area contributed by atoms with Crippen molar-refractivity contribution in [2.24, 2.45) is 0 Å². The Balaban J connectivity index is -0.000000561. The van der Waals surface area contributed by atoms with Crippen molar-refractivity contribution in [3.63, 3.8) is 0 Å². The van der Waals surface area contributed by atoms with Gasteiger partial charge >= 0.3 is 6.18 Å². The minimum atomic E-state index is -4.24. The summed E-state index contributed by atoms with van der Waals surface area (Å²) in [7, 11) is 0. The molecule has 2 aromatic rings. The van der Waals surface area contributed by atoms with Gasteiger partial charge in [-0.3, -0.25) is 4.79 Å². The molecule has 1 atom stereocenters. The summed E-state index contributed by atoms with van der Waals surface area (Å²) in [5.74, 6) is 0.624. The zero-order valence-electron chi connectivity index (χ0n) is 29.3. The second kappa shape index (κ2) is 27.6. The molecular formula is C37H60F3NO3. The molecule has 4 nitrogen and oxygen atoms in total. The highest BCUT2D eigenvalue weighted by atomic mass is 19.4. The highest BCUT2D eigenvalue weighted by Gasteiger charge is 2.33. The Morgan fingerprint density at radius 3 is 1.75 bits per heavy atom. The van der Waals surface area contributed by atoms with Crippen LogP contribution < -0.4 is 5.32 Å². The van der Waals surface area contributed by atoms with E-state index in [1.165, 1.54) is 43.1 Å². The van der Waals surface area contributed by atoms with Crippen LogP contribution in [-0.4, -0.2) is 23.9 Å². The van der Waals surface area contributed by atoms with Crippen molar-refractivity contribution in [2.45, 2.75) is 140 Å². The summed E-state index contributed by atoms with van der Waals surface area (Å²) in [5.41, 5.74) is 3.81. The lowest BCUT2D eigenvalue weighted by atomic mass is 9.91. The van der Waals surface area contributed by atoms with Crippen molar-refractivity contribution in [3.8, 4) is 0 Å². The van der Waals surface area contributed by atoms with Gasteiger partial charge in [0.05, 0.1) is 5.56 Å². The minimum absolute atomic E-state index is 0.0298. The number of rotatable bonds is 11. The molecule has 7 heteroatoms. The maximum atomic E-state index is 12.7. The average molecular weight is 624 g/mol. The van der Waals surface area contributed by atoms with E-state index in [1.54, 1.807) is 26.0 Å². The average Bonchev–Trinajstić information content (AvgIpc) is 2.96. The highest BCUT2D eigenvalue weighted by molar-refractivity contribution is 5.76. The van der Waals surface area contributed by atoms with Crippen molar-refractivity contribution >= 4 is 23.0 Å². The monoisotopic (exact) mass is 623 g/mol. The molecule has 0 fully saturated rings.